The monoisotopic (exact) mass is 398 g/mol. The minimum absolute atomic E-state index is 0.0506. The van der Waals surface area contributed by atoms with Gasteiger partial charge in [0, 0.05) is 6.54 Å². The number of methoxy groups -OCH3 is 1. The van der Waals surface area contributed by atoms with E-state index < -0.39 is 11.4 Å². The summed E-state index contributed by atoms with van der Waals surface area (Å²) in [6.45, 7) is 0.170. The molecule has 1 N–H and O–H groups in total. The van der Waals surface area contributed by atoms with E-state index in [9.17, 15) is 14.0 Å². The number of likely N-dealkylation sites (N-methyl/N-ethyl adjacent to an activating group) is 1. The van der Waals surface area contributed by atoms with Crippen LogP contribution in [0.3, 0.4) is 0 Å². The SMILES string of the molecule is COc1ccc([C@@H](CNC(=O)Cn2cnc3ccc(F)cc3c2=O)N(C)C)cc1. The molecule has 0 radical (unpaired) electrons. The predicted molar refractivity (Wildman–Crippen MR) is 108 cm³/mol. The summed E-state index contributed by atoms with van der Waals surface area (Å²) in [7, 11) is 5.46. The van der Waals surface area contributed by atoms with Gasteiger partial charge >= 0.3 is 0 Å². The number of rotatable bonds is 7. The van der Waals surface area contributed by atoms with E-state index in [1.807, 2.05) is 43.3 Å². The second-order valence-electron chi connectivity index (χ2n) is 6.90. The average Bonchev–Trinajstić information content (AvgIpc) is 2.71. The zero-order chi connectivity index (χ0) is 21.0. The summed E-state index contributed by atoms with van der Waals surface area (Å²) >= 11 is 0. The van der Waals surface area contributed by atoms with Crippen molar-refractivity contribution < 1.29 is 13.9 Å². The van der Waals surface area contributed by atoms with Crippen molar-refractivity contribution in [2.24, 2.45) is 0 Å². The quantitative estimate of drug-likeness (QED) is 0.659. The summed E-state index contributed by atoms with van der Waals surface area (Å²) in [6, 6.07) is 11.4. The molecule has 29 heavy (non-hydrogen) atoms. The molecule has 152 valence electrons. The van der Waals surface area contributed by atoms with Crippen molar-refractivity contribution in [3.63, 3.8) is 0 Å². The lowest BCUT2D eigenvalue weighted by Crippen LogP contribution is -2.37. The van der Waals surface area contributed by atoms with Crippen LogP contribution in [0.4, 0.5) is 4.39 Å². The van der Waals surface area contributed by atoms with Crippen molar-refractivity contribution in [1.29, 1.82) is 0 Å². The zero-order valence-corrected chi connectivity index (χ0v) is 16.6. The number of benzene rings is 2. The van der Waals surface area contributed by atoms with E-state index in [1.165, 1.54) is 23.0 Å². The predicted octanol–water partition coefficient (Wildman–Crippen LogP) is 1.96. The molecule has 0 fully saturated rings. The first-order chi connectivity index (χ1) is 13.9. The fraction of sp³-hybridized carbons (Fsp3) is 0.286. The number of fused-ring (bicyclic) bond motifs is 1. The molecule has 0 saturated carbocycles. The van der Waals surface area contributed by atoms with Crippen LogP contribution in [-0.2, 0) is 11.3 Å². The molecule has 3 rings (SSSR count). The Morgan fingerprint density at radius 2 is 1.97 bits per heavy atom. The molecule has 0 aliphatic rings. The van der Waals surface area contributed by atoms with Crippen molar-refractivity contribution in [3.05, 3.63) is 70.5 Å². The Morgan fingerprint density at radius 3 is 2.62 bits per heavy atom. The summed E-state index contributed by atoms with van der Waals surface area (Å²) in [4.78, 5) is 31.0. The molecule has 1 amide bonds. The van der Waals surface area contributed by atoms with E-state index >= 15 is 0 Å². The van der Waals surface area contributed by atoms with Crippen LogP contribution in [0.5, 0.6) is 5.75 Å². The highest BCUT2D eigenvalue weighted by Crippen LogP contribution is 2.20. The van der Waals surface area contributed by atoms with Crippen molar-refractivity contribution in [1.82, 2.24) is 19.8 Å². The normalized spacial score (nSPS) is 12.2. The van der Waals surface area contributed by atoms with Gasteiger partial charge in [0.15, 0.2) is 0 Å². The largest absolute Gasteiger partial charge is 0.497 e. The Bertz CT molecular complexity index is 1060. The third kappa shape index (κ3) is 4.78. The summed E-state index contributed by atoms with van der Waals surface area (Å²) in [5.41, 5.74) is 0.959. The van der Waals surface area contributed by atoms with Crippen LogP contribution in [0.2, 0.25) is 0 Å². The van der Waals surface area contributed by atoms with E-state index in [0.717, 1.165) is 17.4 Å². The average molecular weight is 398 g/mol. The molecular weight excluding hydrogens is 375 g/mol. The molecule has 1 aromatic heterocycles. The Kier molecular flexibility index (Phi) is 6.23. The van der Waals surface area contributed by atoms with Crippen LogP contribution in [-0.4, -0.2) is 48.1 Å². The lowest BCUT2D eigenvalue weighted by atomic mass is 10.1. The number of nitrogens with one attached hydrogen (secondary N) is 1. The fourth-order valence-electron chi connectivity index (χ4n) is 3.09. The van der Waals surface area contributed by atoms with Crippen LogP contribution in [0.15, 0.2) is 53.6 Å². The highest BCUT2D eigenvalue weighted by Gasteiger charge is 2.16. The first-order valence-corrected chi connectivity index (χ1v) is 9.11. The van der Waals surface area contributed by atoms with Crippen LogP contribution >= 0.6 is 0 Å². The number of carbonyl (C=O) groups excluding carboxylic acids is 1. The standard InChI is InChI=1S/C21H23FN4O3/c1-25(2)19(14-4-7-16(29-3)8-5-14)11-23-20(27)12-26-13-24-18-9-6-15(22)10-17(18)21(26)28/h4-10,13,19H,11-12H2,1-3H3,(H,23,27)/t19-/m1/s1. The van der Waals surface area contributed by atoms with E-state index in [4.69, 9.17) is 4.74 Å². The van der Waals surface area contributed by atoms with E-state index in [-0.39, 0.29) is 23.9 Å². The lowest BCUT2D eigenvalue weighted by molar-refractivity contribution is -0.121. The number of aromatic nitrogens is 2. The van der Waals surface area contributed by atoms with E-state index in [0.29, 0.717) is 12.1 Å². The van der Waals surface area contributed by atoms with Gasteiger partial charge in [-0.1, -0.05) is 12.1 Å². The van der Waals surface area contributed by atoms with Gasteiger partial charge in [0.2, 0.25) is 5.91 Å². The lowest BCUT2D eigenvalue weighted by Gasteiger charge is -2.25. The number of ether oxygens (including phenoxy) is 1. The third-order valence-electron chi connectivity index (χ3n) is 4.72. The minimum Gasteiger partial charge on any atom is -0.497 e. The molecular formula is C21H23FN4O3. The molecule has 0 aliphatic heterocycles. The summed E-state index contributed by atoms with van der Waals surface area (Å²) < 4.78 is 19.8. The summed E-state index contributed by atoms with van der Waals surface area (Å²) in [5, 5.41) is 3.00. The van der Waals surface area contributed by atoms with Gasteiger partial charge in [0.1, 0.15) is 18.1 Å². The molecule has 1 atom stereocenters. The number of hydrogen-bond donors (Lipinski definition) is 1. The van der Waals surface area contributed by atoms with E-state index in [1.54, 1.807) is 7.11 Å². The minimum atomic E-state index is -0.521. The van der Waals surface area contributed by atoms with E-state index in [2.05, 4.69) is 10.3 Å². The molecule has 2 aromatic carbocycles. The molecule has 3 aromatic rings. The zero-order valence-electron chi connectivity index (χ0n) is 16.6. The van der Waals surface area contributed by atoms with Crippen LogP contribution in [0, 0.1) is 5.82 Å². The van der Waals surface area contributed by atoms with Crippen molar-refractivity contribution >= 4 is 16.8 Å². The highest BCUT2D eigenvalue weighted by molar-refractivity contribution is 5.79. The number of hydrogen-bond acceptors (Lipinski definition) is 5. The Morgan fingerprint density at radius 1 is 1.24 bits per heavy atom. The Labute approximate surface area is 167 Å². The van der Waals surface area contributed by atoms with Gasteiger partial charge in [-0.15, -0.1) is 0 Å². The maximum absolute atomic E-state index is 13.4. The second kappa shape index (κ2) is 8.83. The van der Waals surface area contributed by atoms with Gasteiger partial charge in [-0.25, -0.2) is 9.37 Å². The first kappa shape index (κ1) is 20.5. The fourth-order valence-corrected chi connectivity index (χ4v) is 3.09. The van der Waals surface area contributed by atoms with Crippen LogP contribution in [0.25, 0.3) is 10.9 Å². The number of carbonyl (C=O) groups is 1. The molecule has 7 nitrogen and oxygen atoms in total. The van der Waals surface area contributed by atoms with Gasteiger partial charge in [-0.3, -0.25) is 14.2 Å². The Balaban J connectivity index is 1.70. The van der Waals surface area contributed by atoms with Gasteiger partial charge in [0.05, 0.1) is 30.4 Å². The molecule has 0 aliphatic carbocycles. The molecule has 1 heterocycles. The molecule has 0 saturated heterocycles. The van der Waals surface area contributed by atoms with Crippen molar-refractivity contribution in [2.75, 3.05) is 27.7 Å². The summed E-state index contributed by atoms with van der Waals surface area (Å²) in [5.74, 6) is -0.0909. The Hall–Kier alpha value is -3.26. The summed E-state index contributed by atoms with van der Waals surface area (Å²) in [6.07, 6.45) is 1.30. The maximum Gasteiger partial charge on any atom is 0.261 e. The highest BCUT2D eigenvalue weighted by atomic mass is 19.1. The number of halogens is 1. The van der Waals surface area contributed by atoms with Crippen LogP contribution < -0.4 is 15.6 Å². The van der Waals surface area contributed by atoms with Gasteiger partial charge in [-0.2, -0.15) is 0 Å². The van der Waals surface area contributed by atoms with Crippen molar-refractivity contribution in [2.45, 2.75) is 12.6 Å². The van der Waals surface area contributed by atoms with Gasteiger partial charge in [-0.05, 0) is 50.0 Å². The smallest absolute Gasteiger partial charge is 0.261 e. The number of nitrogens with zero attached hydrogens (tertiary/aromatic N) is 3. The molecule has 8 heteroatoms. The van der Waals surface area contributed by atoms with Crippen molar-refractivity contribution in [3.8, 4) is 5.75 Å². The van der Waals surface area contributed by atoms with Gasteiger partial charge < -0.3 is 15.0 Å². The molecule has 0 bridgehead atoms. The van der Waals surface area contributed by atoms with Crippen LogP contribution in [0.1, 0.15) is 11.6 Å². The maximum atomic E-state index is 13.4. The molecule has 0 spiro atoms. The number of amides is 1. The first-order valence-electron chi connectivity index (χ1n) is 9.11. The molecule has 0 unspecified atom stereocenters. The third-order valence-corrected chi connectivity index (χ3v) is 4.72. The topological polar surface area (TPSA) is 76.5 Å². The van der Waals surface area contributed by atoms with Gasteiger partial charge in [0.25, 0.3) is 5.56 Å². The second-order valence-corrected chi connectivity index (χ2v) is 6.90.